The topological polar surface area (TPSA) is 127 Å². The van der Waals surface area contributed by atoms with Crippen LogP contribution in [-0.4, -0.2) is 34.8 Å². The van der Waals surface area contributed by atoms with E-state index in [1.165, 1.54) is 22.5 Å². The van der Waals surface area contributed by atoms with Crippen molar-refractivity contribution in [1.29, 1.82) is 0 Å². The predicted octanol–water partition coefficient (Wildman–Crippen LogP) is 7.50. The molecule has 0 heterocycles. The van der Waals surface area contributed by atoms with E-state index in [2.05, 4.69) is 6.92 Å². The van der Waals surface area contributed by atoms with E-state index in [9.17, 15) is 27.1 Å². The van der Waals surface area contributed by atoms with Crippen LogP contribution in [0.4, 0.5) is 17.1 Å². The van der Waals surface area contributed by atoms with E-state index in [0.29, 0.717) is 24.4 Å². The fraction of sp³-hybridized carbons (Fsp3) is 0.242. The first-order chi connectivity index (χ1) is 21.0. The van der Waals surface area contributed by atoms with E-state index in [-0.39, 0.29) is 27.6 Å². The normalized spacial score (nSPS) is 12.0. The van der Waals surface area contributed by atoms with Crippen LogP contribution in [0, 0.1) is 13.8 Å². The fourth-order valence-corrected chi connectivity index (χ4v) is 6.75. The van der Waals surface area contributed by atoms with Crippen LogP contribution in [0.25, 0.3) is 0 Å². The van der Waals surface area contributed by atoms with Crippen molar-refractivity contribution in [3.05, 3.63) is 108 Å². The van der Waals surface area contributed by atoms with Gasteiger partial charge in [0.05, 0.1) is 38.8 Å². The Balaban J connectivity index is 1.61. The van der Waals surface area contributed by atoms with Gasteiger partial charge in [-0.15, -0.1) is 0 Å². The zero-order valence-electron chi connectivity index (χ0n) is 24.8. The minimum absolute atomic E-state index is 0.0441. The van der Waals surface area contributed by atoms with Crippen LogP contribution in [0.2, 0.25) is 0 Å². The van der Waals surface area contributed by atoms with Crippen molar-refractivity contribution in [2.45, 2.75) is 51.3 Å². The first-order valence-corrected chi connectivity index (χ1v) is 16.7. The maximum atomic E-state index is 13.6. The highest BCUT2D eigenvalue weighted by molar-refractivity contribution is 7.92. The molecule has 4 aromatic carbocycles. The summed E-state index contributed by atoms with van der Waals surface area (Å²) in [5.74, 6) is -0.814. The van der Waals surface area contributed by atoms with Gasteiger partial charge in [0.2, 0.25) is 0 Å². The van der Waals surface area contributed by atoms with E-state index in [1.807, 2.05) is 13.8 Å². The highest BCUT2D eigenvalue weighted by Crippen LogP contribution is 2.35. The number of hydrogen-bond acceptors (Lipinski definition) is 6. The first-order valence-electron chi connectivity index (χ1n) is 14.2. The Bertz CT molecular complexity index is 1710. The molecule has 1 atom stereocenters. The molecule has 11 heteroatoms. The number of rotatable bonds is 14. The van der Waals surface area contributed by atoms with Gasteiger partial charge in [-0.3, -0.25) is 12.8 Å². The van der Waals surface area contributed by atoms with E-state index < -0.39 is 27.3 Å². The molecule has 0 saturated carbocycles. The highest BCUT2D eigenvalue weighted by atomic mass is 32.2. The van der Waals surface area contributed by atoms with Gasteiger partial charge >= 0.3 is 5.97 Å². The lowest BCUT2D eigenvalue weighted by molar-refractivity contribution is 0.0697. The summed E-state index contributed by atoms with van der Waals surface area (Å²) in [4.78, 5) is 12.4. The molecule has 1 unspecified atom stereocenters. The number of aryl methyl sites for hydroxylation is 2. The Kier molecular flexibility index (Phi) is 10.8. The molecular formula is C33H35N2O7S2-. The molecule has 0 radical (unpaired) electrons. The zero-order chi connectivity index (χ0) is 31.9. The van der Waals surface area contributed by atoms with Crippen LogP contribution >= 0.6 is 0 Å². The molecule has 0 fully saturated rings. The summed E-state index contributed by atoms with van der Waals surface area (Å²) in [6.45, 7) is 6.17. The number of sulfonamides is 1. The van der Waals surface area contributed by atoms with Gasteiger partial charge in [0.1, 0.15) is 11.5 Å². The maximum Gasteiger partial charge on any atom is 0.337 e. The van der Waals surface area contributed by atoms with Crippen LogP contribution < -0.4 is 13.3 Å². The number of hydrogen-bond donors (Lipinski definition) is 1. The molecule has 44 heavy (non-hydrogen) atoms. The molecule has 0 amide bonds. The van der Waals surface area contributed by atoms with Crippen molar-refractivity contribution in [1.82, 2.24) is 0 Å². The summed E-state index contributed by atoms with van der Waals surface area (Å²) in [6, 6.07) is 24.0. The molecule has 0 aliphatic heterocycles. The molecule has 0 aromatic heterocycles. The lowest BCUT2D eigenvalue weighted by Crippen LogP contribution is -2.32. The van der Waals surface area contributed by atoms with Crippen molar-refractivity contribution in [3.8, 4) is 11.5 Å². The highest BCUT2D eigenvalue weighted by Gasteiger charge is 2.25. The largest absolute Gasteiger partial charge is 0.755 e. The summed E-state index contributed by atoms with van der Waals surface area (Å²) < 4.78 is 59.8. The van der Waals surface area contributed by atoms with Gasteiger partial charge in [-0.05, 0) is 87.0 Å². The summed E-state index contributed by atoms with van der Waals surface area (Å²) in [6.07, 6.45) is 3.64. The molecule has 4 rings (SSSR count). The lowest BCUT2D eigenvalue weighted by atomic mass is 10.1. The molecular weight excluding hydrogens is 601 g/mol. The summed E-state index contributed by atoms with van der Waals surface area (Å²) >= 11 is -2.79. The molecule has 1 N–H and O–H groups in total. The predicted molar refractivity (Wildman–Crippen MR) is 172 cm³/mol. The lowest BCUT2D eigenvalue weighted by Gasteiger charge is -2.28. The number of nitrogens with zero attached hydrogens (tertiary/aromatic N) is 2. The molecule has 232 valence electrons. The van der Waals surface area contributed by atoms with Crippen molar-refractivity contribution in [2.75, 3.05) is 15.2 Å². The third-order valence-electron chi connectivity index (χ3n) is 7.02. The van der Waals surface area contributed by atoms with E-state index in [1.54, 1.807) is 72.8 Å². The smallest absolute Gasteiger partial charge is 0.337 e. The zero-order valence-corrected chi connectivity index (χ0v) is 26.4. The van der Waals surface area contributed by atoms with E-state index in [4.69, 9.17) is 4.74 Å². The van der Waals surface area contributed by atoms with E-state index in [0.717, 1.165) is 34.7 Å². The van der Waals surface area contributed by atoms with Gasteiger partial charge < -0.3 is 14.4 Å². The summed E-state index contributed by atoms with van der Waals surface area (Å²) in [7, 11) is -3.82. The number of carboxylic acids is 1. The van der Waals surface area contributed by atoms with Crippen molar-refractivity contribution < 1.29 is 31.8 Å². The number of carboxylic acid groups (broad SMARTS) is 1. The maximum absolute atomic E-state index is 13.6. The fourth-order valence-electron chi connectivity index (χ4n) is 4.64. The van der Waals surface area contributed by atoms with Crippen molar-refractivity contribution in [2.24, 2.45) is 0 Å². The first kappa shape index (κ1) is 32.7. The average Bonchev–Trinajstić information content (AvgIpc) is 2.99. The van der Waals surface area contributed by atoms with Gasteiger partial charge in [0.15, 0.2) is 0 Å². The molecule has 0 aliphatic carbocycles. The molecule has 9 nitrogen and oxygen atoms in total. The number of benzene rings is 4. The number of aromatic carboxylic acids is 1. The van der Waals surface area contributed by atoms with Crippen LogP contribution in [-0.2, 0) is 21.3 Å². The van der Waals surface area contributed by atoms with Crippen molar-refractivity contribution in [3.63, 3.8) is 0 Å². The molecule has 0 saturated heterocycles. The van der Waals surface area contributed by atoms with Gasteiger partial charge in [0, 0.05) is 6.54 Å². The average molecular weight is 636 g/mol. The van der Waals surface area contributed by atoms with Crippen LogP contribution in [0.3, 0.4) is 0 Å². The Morgan fingerprint density at radius 3 is 1.95 bits per heavy atom. The summed E-state index contributed by atoms with van der Waals surface area (Å²) in [5.41, 5.74) is 2.33. The van der Waals surface area contributed by atoms with Crippen LogP contribution in [0.15, 0.2) is 95.9 Å². The SMILES string of the molecule is CCCCCCN(c1ccc(Oc2ccc(N(c3ccc(C)cc3)S(=O)[O-])c(C(=O)O)c2)cc1)S(=O)(=O)c1ccc(C)cc1. The second-order valence-electron chi connectivity index (χ2n) is 10.4. The minimum atomic E-state index is -3.82. The third-order valence-corrected chi connectivity index (χ3v) is 9.57. The molecule has 0 aliphatic rings. The Morgan fingerprint density at radius 2 is 1.39 bits per heavy atom. The minimum Gasteiger partial charge on any atom is -0.755 e. The molecule has 0 bridgehead atoms. The summed E-state index contributed by atoms with van der Waals surface area (Å²) in [5, 5.41) is 9.92. The van der Waals surface area contributed by atoms with Gasteiger partial charge in [0.25, 0.3) is 10.0 Å². The van der Waals surface area contributed by atoms with E-state index >= 15 is 0 Å². The standard InChI is InChI=1S/C33H36N2O7S2/c1-4-5-6-7-22-34(44(40,41)30-19-10-25(3)11-20-30)26-14-16-28(17-15-26)42-29-18-21-32(31(23-29)33(36)37)35(43(38)39)27-12-8-24(2)9-13-27/h8-21,23H,4-7,22H2,1-3H3,(H,36,37)(H,38,39)/p-1. The number of anilines is 3. The van der Waals surface area contributed by atoms with Gasteiger partial charge in [-0.2, -0.15) is 0 Å². The van der Waals surface area contributed by atoms with Crippen molar-refractivity contribution >= 4 is 44.3 Å². The second kappa shape index (κ2) is 14.5. The van der Waals surface area contributed by atoms with Gasteiger partial charge in [-0.1, -0.05) is 61.6 Å². The number of unbranched alkanes of at least 4 members (excludes halogenated alkanes) is 3. The Labute approximate surface area is 261 Å². The molecule has 4 aromatic rings. The third kappa shape index (κ3) is 7.85. The quantitative estimate of drug-likeness (QED) is 0.112. The Morgan fingerprint density at radius 1 is 0.818 bits per heavy atom. The van der Waals surface area contributed by atoms with Crippen LogP contribution in [0.5, 0.6) is 11.5 Å². The van der Waals surface area contributed by atoms with Gasteiger partial charge in [-0.25, -0.2) is 13.2 Å². The second-order valence-corrected chi connectivity index (χ2v) is 13.0. The monoisotopic (exact) mass is 635 g/mol. The number of ether oxygens (including phenoxy) is 1. The molecule has 0 spiro atoms. The van der Waals surface area contributed by atoms with Crippen LogP contribution in [0.1, 0.15) is 54.1 Å². The number of carbonyl (C=O) groups is 1. The Hall–Kier alpha value is -4.19.